The van der Waals surface area contributed by atoms with Gasteiger partial charge >= 0.3 is 6.03 Å². The van der Waals surface area contributed by atoms with Crippen LogP contribution in [0.25, 0.3) is 0 Å². The Hall–Kier alpha value is -0.480. The summed E-state index contributed by atoms with van der Waals surface area (Å²) in [4.78, 5) is 10.2. The molecule has 0 unspecified atom stereocenters. The lowest BCUT2D eigenvalue weighted by Crippen LogP contribution is -2.40. The molecule has 0 saturated carbocycles. The monoisotopic (exact) mass is 153 g/mol. The van der Waals surface area contributed by atoms with Crippen LogP contribution in [-0.2, 0) is 0 Å². The maximum Gasteiger partial charge on any atom is 0.328 e. The van der Waals surface area contributed by atoms with E-state index in [-0.39, 0.29) is 18.4 Å². The van der Waals surface area contributed by atoms with E-state index >= 15 is 0 Å². The Labute approximate surface area is 60.6 Å². The summed E-state index contributed by atoms with van der Waals surface area (Å²) in [6.45, 7) is 2.64. The summed E-state index contributed by atoms with van der Waals surface area (Å²) in [6.07, 6.45) is 0.924. The van der Waals surface area contributed by atoms with E-state index in [0.29, 0.717) is 6.54 Å². The number of nitrogens with two attached hydrogens (primary N) is 1. The SMILES string of the molecule is CCCNC(=O)NN.Cl. The fraction of sp³-hybridized carbons (Fsp3) is 0.750. The third-order valence-electron chi connectivity index (χ3n) is 0.667. The molecule has 0 atom stereocenters. The zero-order valence-corrected chi connectivity index (χ0v) is 6.12. The maximum atomic E-state index is 10.2. The van der Waals surface area contributed by atoms with Gasteiger partial charge in [0.15, 0.2) is 0 Å². The second-order valence-electron chi connectivity index (χ2n) is 1.40. The van der Waals surface area contributed by atoms with E-state index in [1.807, 2.05) is 12.3 Å². The zero-order valence-electron chi connectivity index (χ0n) is 5.31. The minimum absolute atomic E-state index is 0. The third kappa shape index (κ3) is 7.52. The number of nitrogens with one attached hydrogen (secondary N) is 2. The van der Waals surface area contributed by atoms with E-state index in [1.54, 1.807) is 0 Å². The van der Waals surface area contributed by atoms with Gasteiger partial charge in [-0.15, -0.1) is 12.4 Å². The number of halogens is 1. The van der Waals surface area contributed by atoms with E-state index < -0.39 is 0 Å². The van der Waals surface area contributed by atoms with Gasteiger partial charge in [-0.25, -0.2) is 10.6 Å². The average Bonchev–Trinajstić information content (AvgIpc) is 1.83. The number of hydrogen-bond donors (Lipinski definition) is 3. The smallest absolute Gasteiger partial charge is 0.328 e. The Bertz CT molecular complexity index is 78.2. The fourth-order valence-corrected chi connectivity index (χ4v) is 0.290. The van der Waals surface area contributed by atoms with E-state index in [4.69, 9.17) is 5.84 Å². The first-order valence-corrected chi connectivity index (χ1v) is 2.55. The molecule has 0 rings (SSSR count). The summed E-state index contributed by atoms with van der Waals surface area (Å²) < 4.78 is 0. The normalized spacial score (nSPS) is 7.33. The van der Waals surface area contributed by atoms with Crippen molar-refractivity contribution in [1.82, 2.24) is 10.7 Å². The topological polar surface area (TPSA) is 67.2 Å². The van der Waals surface area contributed by atoms with Crippen molar-refractivity contribution in [3.8, 4) is 0 Å². The highest BCUT2D eigenvalue weighted by atomic mass is 35.5. The Morgan fingerprint density at radius 1 is 1.67 bits per heavy atom. The van der Waals surface area contributed by atoms with Gasteiger partial charge < -0.3 is 5.32 Å². The summed E-state index contributed by atoms with van der Waals surface area (Å²) in [7, 11) is 0. The van der Waals surface area contributed by atoms with Crippen molar-refractivity contribution in [1.29, 1.82) is 0 Å². The number of rotatable bonds is 2. The summed E-state index contributed by atoms with van der Waals surface area (Å²) >= 11 is 0. The molecule has 4 nitrogen and oxygen atoms in total. The molecule has 0 bridgehead atoms. The molecule has 0 aromatic rings. The average molecular weight is 154 g/mol. The largest absolute Gasteiger partial charge is 0.337 e. The van der Waals surface area contributed by atoms with Crippen molar-refractivity contribution in [2.24, 2.45) is 5.84 Å². The molecule has 0 aliphatic rings. The number of urea groups is 1. The fourth-order valence-electron chi connectivity index (χ4n) is 0.290. The summed E-state index contributed by atoms with van der Waals surface area (Å²) in [5.41, 5.74) is 1.95. The van der Waals surface area contributed by atoms with Crippen molar-refractivity contribution in [3.63, 3.8) is 0 Å². The standard InChI is InChI=1S/C4H11N3O.ClH/c1-2-3-6-4(8)7-5;/h2-3,5H2,1H3,(H2,6,7,8);1H. The van der Waals surface area contributed by atoms with Crippen LogP contribution in [0.4, 0.5) is 4.79 Å². The molecular formula is C4H12ClN3O. The molecule has 4 N–H and O–H groups in total. The molecule has 2 amide bonds. The van der Waals surface area contributed by atoms with Crippen LogP contribution in [0, 0.1) is 0 Å². The molecule has 0 aromatic carbocycles. The van der Waals surface area contributed by atoms with Gasteiger partial charge in [0.05, 0.1) is 0 Å². The minimum Gasteiger partial charge on any atom is -0.337 e. The molecule has 5 heteroatoms. The summed E-state index contributed by atoms with van der Waals surface area (Å²) in [6, 6.07) is -0.327. The lowest BCUT2D eigenvalue weighted by Gasteiger charge is -1.98. The Balaban J connectivity index is 0. The van der Waals surface area contributed by atoms with E-state index in [0.717, 1.165) is 6.42 Å². The summed E-state index contributed by atoms with van der Waals surface area (Å²) in [5, 5.41) is 2.51. The van der Waals surface area contributed by atoms with Crippen LogP contribution < -0.4 is 16.6 Å². The molecule has 56 valence electrons. The van der Waals surface area contributed by atoms with Crippen molar-refractivity contribution in [2.45, 2.75) is 13.3 Å². The number of carbonyl (C=O) groups is 1. The van der Waals surface area contributed by atoms with Crippen molar-refractivity contribution in [2.75, 3.05) is 6.54 Å². The van der Waals surface area contributed by atoms with Crippen LogP contribution in [-0.4, -0.2) is 12.6 Å². The number of amides is 2. The molecule has 0 aliphatic heterocycles. The third-order valence-corrected chi connectivity index (χ3v) is 0.667. The second kappa shape index (κ2) is 7.52. The molecule has 0 saturated heterocycles. The van der Waals surface area contributed by atoms with Crippen molar-refractivity contribution < 1.29 is 4.79 Å². The van der Waals surface area contributed by atoms with E-state index in [1.165, 1.54) is 0 Å². The van der Waals surface area contributed by atoms with Gasteiger partial charge in [0.1, 0.15) is 0 Å². The highest BCUT2D eigenvalue weighted by Gasteiger charge is 1.89. The van der Waals surface area contributed by atoms with Gasteiger partial charge in [-0.2, -0.15) is 0 Å². The minimum atomic E-state index is -0.327. The predicted octanol–water partition coefficient (Wildman–Crippen LogP) is -0.00890. The molecule has 0 aromatic heterocycles. The highest BCUT2D eigenvalue weighted by molar-refractivity contribution is 5.85. The van der Waals surface area contributed by atoms with Gasteiger partial charge in [-0.05, 0) is 6.42 Å². The maximum absolute atomic E-state index is 10.2. The Kier molecular flexibility index (Phi) is 9.47. The number of carbonyl (C=O) groups excluding carboxylic acids is 1. The van der Waals surface area contributed by atoms with Crippen LogP contribution in [0.1, 0.15) is 13.3 Å². The lowest BCUT2D eigenvalue weighted by atomic mass is 10.5. The van der Waals surface area contributed by atoms with Crippen LogP contribution in [0.15, 0.2) is 0 Å². The number of hydrogen-bond acceptors (Lipinski definition) is 2. The zero-order chi connectivity index (χ0) is 6.41. The van der Waals surface area contributed by atoms with Crippen molar-refractivity contribution in [3.05, 3.63) is 0 Å². The first-order valence-electron chi connectivity index (χ1n) is 2.55. The van der Waals surface area contributed by atoms with Gasteiger partial charge in [0.2, 0.25) is 0 Å². The molecular weight excluding hydrogens is 142 g/mol. The van der Waals surface area contributed by atoms with E-state index in [2.05, 4.69) is 5.32 Å². The van der Waals surface area contributed by atoms with Gasteiger partial charge in [-0.1, -0.05) is 6.92 Å². The molecule has 0 aliphatic carbocycles. The quantitative estimate of drug-likeness (QED) is 0.297. The lowest BCUT2D eigenvalue weighted by molar-refractivity contribution is 0.241. The van der Waals surface area contributed by atoms with Crippen LogP contribution >= 0.6 is 12.4 Å². The Morgan fingerprint density at radius 3 is 2.56 bits per heavy atom. The van der Waals surface area contributed by atoms with Gasteiger partial charge in [-0.3, -0.25) is 5.43 Å². The van der Waals surface area contributed by atoms with Crippen LogP contribution in [0.2, 0.25) is 0 Å². The first-order chi connectivity index (χ1) is 3.81. The second-order valence-corrected chi connectivity index (χ2v) is 1.40. The predicted molar refractivity (Wildman–Crippen MR) is 38.3 cm³/mol. The van der Waals surface area contributed by atoms with Gasteiger partial charge in [0, 0.05) is 6.54 Å². The molecule has 0 heterocycles. The highest BCUT2D eigenvalue weighted by Crippen LogP contribution is 1.67. The molecule has 0 radical (unpaired) electrons. The molecule has 0 spiro atoms. The molecule has 9 heavy (non-hydrogen) atoms. The first kappa shape index (κ1) is 11.3. The number of hydrazine groups is 1. The van der Waals surface area contributed by atoms with Gasteiger partial charge in [0.25, 0.3) is 0 Å². The molecule has 0 fully saturated rings. The van der Waals surface area contributed by atoms with Crippen LogP contribution in [0.3, 0.4) is 0 Å². The van der Waals surface area contributed by atoms with Crippen molar-refractivity contribution >= 4 is 18.4 Å². The van der Waals surface area contributed by atoms with E-state index in [9.17, 15) is 4.79 Å². The van der Waals surface area contributed by atoms with Crippen LogP contribution in [0.5, 0.6) is 0 Å². The summed E-state index contributed by atoms with van der Waals surface area (Å²) in [5.74, 6) is 4.75. The Morgan fingerprint density at radius 2 is 2.22 bits per heavy atom.